The van der Waals surface area contributed by atoms with E-state index in [1.807, 2.05) is 12.1 Å². The molecule has 6 nitrogen and oxygen atoms in total. The molecule has 0 unspecified atom stereocenters. The van der Waals surface area contributed by atoms with Crippen molar-refractivity contribution in [2.45, 2.75) is 6.92 Å². The fourth-order valence-electron chi connectivity index (χ4n) is 1.87. The Morgan fingerprint density at radius 2 is 2.20 bits per heavy atom. The number of aromatic nitrogens is 3. The lowest BCUT2D eigenvalue weighted by Gasteiger charge is -2.07. The van der Waals surface area contributed by atoms with Crippen LogP contribution in [-0.4, -0.2) is 25.8 Å². The largest absolute Gasteiger partial charge is 0.476 e. The number of hydrogen-bond donors (Lipinski definition) is 1. The fraction of sp³-hybridized carbons (Fsp3) is 0.0769. The number of carboxylic acids is 1. The summed E-state index contributed by atoms with van der Waals surface area (Å²) in [6.07, 6.45) is 1.52. The third-order valence-corrected chi connectivity index (χ3v) is 3.67. The summed E-state index contributed by atoms with van der Waals surface area (Å²) in [4.78, 5) is 26.9. The molecule has 3 aromatic rings. The molecule has 20 heavy (non-hydrogen) atoms. The molecule has 0 aliphatic rings. The monoisotopic (exact) mass is 287 g/mol. The smallest absolute Gasteiger partial charge is 0.360 e. The number of fused-ring (bicyclic) bond motifs is 1. The first-order valence-corrected chi connectivity index (χ1v) is 6.62. The van der Waals surface area contributed by atoms with Crippen LogP contribution in [0.15, 0.2) is 34.7 Å². The molecule has 100 valence electrons. The molecule has 0 saturated heterocycles. The summed E-state index contributed by atoms with van der Waals surface area (Å²) in [6.45, 7) is 1.57. The Balaban J connectivity index is 2.23. The number of hydrogen-bond acceptors (Lipinski definition) is 5. The minimum Gasteiger partial charge on any atom is -0.476 e. The standard InChI is InChI=1S/C13H9N3O3S/c1-7-5-16(15-11(12(7)17)13(18)19)8-2-3-9-10(4-8)20-6-14-9/h2-6H,1H3,(H,18,19). The Kier molecular flexibility index (Phi) is 2.83. The average Bonchev–Trinajstić information content (AvgIpc) is 2.88. The van der Waals surface area contributed by atoms with Crippen molar-refractivity contribution in [1.29, 1.82) is 0 Å². The van der Waals surface area contributed by atoms with E-state index in [9.17, 15) is 9.59 Å². The summed E-state index contributed by atoms with van der Waals surface area (Å²) in [5.74, 6) is -1.33. The summed E-state index contributed by atoms with van der Waals surface area (Å²) in [6, 6.07) is 5.47. The summed E-state index contributed by atoms with van der Waals surface area (Å²) in [7, 11) is 0. The van der Waals surface area contributed by atoms with E-state index in [4.69, 9.17) is 5.11 Å². The normalized spacial score (nSPS) is 10.8. The van der Waals surface area contributed by atoms with Gasteiger partial charge in [0.15, 0.2) is 0 Å². The molecule has 7 heteroatoms. The van der Waals surface area contributed by atoms with Crippen molar-refractivity contribution in [3.05, 3.63) is 51.4 Å². The highest BCUT2D eigenvalue weighted by Gasteiger charge is 2.14. The number of nitrogens with zero attached hydrogens (tertiary/aromatic N) is 3. The number of benzene rings is 1. The SMILES string of the molecule is Cc1cn(-c2ccc3ncsc3c2)nc(C(=O)O)c1=O. The van der Waals surface area contributed by atoms with Crippen molar-refractivity contribution >= 4 is 27.5 Å². The second kappa shape index (κ2) is 4.53. The molecule has 0 atom stereocenters. The topological polar surface area (TPSA) is 85.1 Å². The highest BCUT2D eigenvalue weighted by molar-refractivity contribution is 7.16. The van der Waals surface area contributed by atoms with Gasteiger partial charge >= 0.3 is 5.97 Å². The van der Waals surface area contributed by atoms with Crippen LogP contribution >= 0.6 is 11.3 Å². The Bertz CT molecular complexity index is 882. The van der Waals surface area contributed by atoms with Crippen molar-refractivity contribution in [2.75, 3.05) is 0 Å². The van der Waals surface area contributed by atoms with E-state index in [2.05, 4.69) is 10.1 Å². The molecule has 0 bridgehead atoms. The first kappa shape index (κ1) is 12.5. The number of thiazole rings is 1. The van der Waals surface area contributed by atoms with Gasteiger partial charge in [-0.25, -0.2) is 14.5 Å². The third kappa shape index (κ3) is 1.97. The molecule has 0 saturated carbocycles. The van der Waals surface area contributed by atoms with Crippen LogP contribution in [-0.2, 0) is 0 Å². The first-order valence-electron chi connectivity index (χ1n) is 5.74. The van der Waals surface area contributed by atoms with Gasteiger partial charge in [0.1, 0.15) is 0 Å². The predicted molar refractivity (Wildman–Crippen MR) is 74.7 cm³/mol. The quantitative estimate of drug-likeness (QED) is 0.777. The summed E-state index contributed by atoms with van der Waals surface area (Å²) in [5, 5.41) is 12.9. The maximum atomic E-state index is 11.7. The lowest BCUT2D eigenvalue weighted by atomic mass is 10.2. The van der Waals surface area contributed by atoms with Crippen molar-refractivity contribution < 1.29 is 9.90 Å². The molecule has 0 radical (unpaired) electrons. The second-order valence-electron chi connectivity index (χ2n) is 4.24. The van der Waals surface area contributed by atoms with E-state index in [1.54, 1.807) is 18.5 Å². The molecule has 3 rings (SSSR count). The van der Waals surface area contributed by atoms with Crippen LogP contribution in [0.4, 0.5) is 0 Å². The van der Waals surface area contributed by atoms with Gasteiger partial charge in [0.2, 0.25) is 11.1 Å². The molecular weight excluding hydrogens is 278 g/mol. The van der Waals surface area contributed by atoms with Crippen LogP contribution in [0.25, 0.3) is 15.9 Å². The molecule has 1 aromatic carbocycles. The maximum absolute atomic E-state index is 11.7. The minimum atomic E-state index is -1.33. The van der Waals surface area contributed by atoms with Crippen molar-refractivity contribution in [3.63, 3.8) is 0 Å². The Morgan fingerprint density at radius 3 is 2.95 bits per heavy atom. The van der Waals surface area contributed by atoms with Crippen molar-refractivity contribution in [1.82, 2.24) is 14.8 Å². The second-order valence-corrected chi connectivity index (χ2v) is 5.13. The van der Waals surface area contributed by atoms with E-state index in [-0.39, 0.29) is 0 Å². The van der Waals surface area contributed by atoms with Gasteiger partial charge in [-0.15, -0.1) is 11.3 Å². The van der Waals surface area contributed by atoms with E-state index < -0.39 is 17.1 Å². The lowest BCUT2D eigenvalue weighted by molar-refractivity contribution is 0.0686. The van der Waals surface area contributed by atoms with Crippen LogP contribution in [0.3, 0.4) is 0 Å². The molecule has 2 aromatic heterocycles. The van der Waals surface area contributed by atoms with E-state index >= 15 is 0 Å². The number of aryl methyl sites for hydroxylation is 1. The van der Waals surface area contributed by atoms with Crippen LogP contribution < -0.4 is 5.43 Å². The predicted octanol–water partition coefficient (Wildman–Crippen LogP) is 1.85. The van der Waals surface area contributed by atoms with Crippen molar-refractivity contribution in [3.8, 4) is 5.69 Å². The molecule has 0 aliphatic carbocycles. The summed E-state index contributed by atoms with van der Waals surface area (Å²) < 4.78 is 2.37. The zero-order chi connectivity index (χ0) is 14.3. The van der Waals surface area contributed by atoms with Gasteiger partial charge in [0.05, 0.1) is 21.4 Å². The maximum Gasteiger partial charge on any atom is 0.360 e. The Labute approximate surface area is 116 Å². The number of carboxylic acid groups (broad SMARTS) is 1. The fourth-order valence-corrected chi connectivity index (χ4v) is 2.58. The van der Waals surface area contributed by atoms with Gasteiger partial charge < -0.3 is 5.11 Å². The Morgan fingerprint density at radius 1 is 1.40 bits per heavy atom. The molecule has 0 amide bonds. The molecule has 0 aliphatic heterocycles. The van der Waals surface area contributed by atoms with Gasteiger partial charge in [0.25, 0.3) is 0 Å². The third-order valence-electron chi connectivity index (χ3n) is 2.88. The van der Waals surface area contributed by atoms with Crippen molar-refractivity contribution in [2.24, 2.45) is 0 Å². The minimum absolute atomic E-state index is 0.335. The van der Waals surface area contributed by atoms with E-state index in [0.29, 0.717) is 11.3 Å². The molecule has 0 spiro atoms. The zero-order valence-electron chi connectivity index (χ0n) is 10.4. The lowest BCUT2D eigenvalue weighted by Crippen LogP contribution is -2.23. The van der Waals surface area contributed by atoms with Crippen LogP contribution in [0.5, 0.6) is 0 Å². The molecule has 2 heterocycles. The molecule has 1 N–H and O–H groups in total. The van der Waals surface area contributed by atoms with E-state index in [0.717, 1.165) is 10.2 Å². The average molecular weight is 287 g/mol. The van der Waals surface area contributed by atoms with Gasteiger partial charge in [-0.3, -0.25) is 4.79 Å². The molecular formula is C13H9N3O3S. The highest BCUT2D eigenvalue weighted by Crippen LogP contribution is 2.20. The van der Waals surface area contributed by atoms with Gasteiger partial charge in [-0.05, 0) is 25.1 Å². The van der Waals surface area contributed by atoms with Gasteiger partial charge in [-0.1, -0.05) is 0 Å². The zero-order valence-corrected chi connectivity index (χ0v) is 11.2. The Hall–Kier alpha value is -2.54. The molecule has 0 fully saturated rings. The van der Waals surface area contributed by atoms with E-state index in [1.165, 1.54) is 22.2 Å². The van der Waals surface area contributed by atoms with Crippen LogP contribution in [0.2, 0.25) is 0 Å². The van der Waals surface area contributed by atoms with Crippen LogP contribution in [0.1, 0.15) is 16.1 Å². The summed E-state index contributed by atoms with van der Waals surface area (Å²) >= 11 is 1.48. The van der Waals surface area contributed by atoms with Gasteiger partial charge in [-0.2, -0.15) is 5.10 Å². The number of aromatic carboxylic acids is 1. The highest BCUT2D eigenvalue weighted by atomic mass is 32.1. The number of rotatable bonds is 2. The number of carbonyl (C=O) groups is 1. The summed E-state index contributed by atoms with van der Waals surface area (Å²) in [5.41, 5.74) is 2.59. The van der Waals surface area contributed by atoms with Crippen LogP contribution in [0, 0.1) is 6.92 Å². The van der Waals surface area contributed by atoms with Gasteiger partial charge in [0, 0.05) is 11.8 Å². The first-order chi connectivity index (χ1) is 9.56.